The predicted octanol–water partition coefficient (Wildman–Crippen LogP) is 3.87. The highest BCUT2D eigenvalue weighted by Crippen LogP contribution is 2.55. The smallest absolute Gasteiger partial charge is 0.251 e. The summed E-state index contributed by atoms with van der Waals surface area (Å²) in [6.45, 7) is 8.21. The van der Waals surface area contributed by atoms with Crippen LogP contribution in [0.3, 0.4) is 0 Å². The van der Waals surface area contributed by atoms with Crippen molar-refractivity contribution in [2.24, 2.45) is 29.1 Å². The molecule has 4 rings (SSSR count). The summed E-state index contributed by atoms with van der Waals surface area (Å²) in [7, 11) is 0. The molecule has 31 heavy (non-hydrogen) atoms. The molecule has 1 aliphatic heterocycles. The number of aliphatic hydroxyl groups is 1. The van der Waals surface area contributed by atoms with E-state index in [1.807, 2.05) is 42.2 Å². The van der Waals surface area contributed by atoms with Crippen molar-refractivity contribution in [3.8, 4) is 0 Å². The molecular formula is C26H38N2O3. The molecule has 0 radical (unpaired) electrons. The van der Waals surface area contributed by atoms with Gasteiger partial charge in [-0.1, -0.05) is 39.0 Å². The van der Waals surface area contributed by atoms with Crippen LogP contribution in [-0.4, -0.2) is 47.1 Å². The lowest BCUT2D eigenvalue weighted by molar-refractivity contribution is -0.149. The van der Waals surface area contributed by atoms with Crippen molar-refractivity contribution in [3.63, 3.8) is 0 Å². The molecule has 0 bridgehead atoms. The Kier molecular flexibility index (Phi) is 6.43. The summed E-state index contributed by atoms with van der Waals surface area (Å²) < 4.78 is 0. The van der Waals surface area contributed by atoms with E-state index < -0.39 is 6.10 Å². The molecule has 5 nitrogen and oxygen atoms in total. The van der Waals surface area contributed by atoms with Crippen LogP contribution in [0.5, 0.6) is 0 Å². The van der Waals surface area contributed by atoms with Crippen LogP contribution in [0.25, 0.3) is 0 Å². The van der Waals surface area contributed by atoms with Crippen molar-refractivity contribution in [3.05, 3.63) is 35.9 Å². The van der Waals surface area contributed by atoms with Gasteiger partial charge in [-0.2, -0.15) is 0 Å². The maximum Gasteiger partial charge on any atom is 0.251 e. The molecule has 1 heterocycles. The second kappa shape index (κ2) is 8.93. The number of nitrogens with zero attached hydrogens (tertiary/aromatic N) is 1. The Labute approximate surface area is 186 Å². The summed E-state index contributed by atoms with van der Waals surface area (Å²) in [5.74, 6) is 0.276. The van der Waals surface area contributed by atoms with Gasteiger partial charge in [0.1, 0.15) is 0 Å². The molecule has 0 spiro atoms. The Hall–Kier alpha value is -1.88. The number of carbonyl (C=O) groups excluding carboxylic acids is 2. The molecule has 7 atom stereocenters. The maximum atomic E-state index is 13.0. The zero-order chi connectivity index (χ0) is 22.2. The van der Waals surface area contributed by atoms with Crippen LogP contribution in [0.15, 0.2) is 30.3 Å². The highest BCUT2D eigenvalue weighted by atomic mass is 16.3. The van der Waals surface area contributed by atoms with Gasteiger partial charge in [0.15, 0.2) is 0 Å². The fourth-order valence-electron chi connectivity index (χ4n) is 6.75. The van der Waals surface area contributed by atoms with Crippen molar-refractivity contribution >= 4 is 11.8 Å². The lowest BCUT2D eigenvalue weighted by Crippen LogP contribution is -2.58. The van der Waals surface area contributed by atoms with Crippen molar-refractivity contribution in [1.29, 1.82) is 0 Å². The zero-order valence-corrected chi connectivity index (χ0v) is 19.2. The highest BCUT2D eigenvalue weighted by Gasteiger charge is 2.54. The monoisotopic (exact) mass is 426 g/mol. The molecule has 5 heteroatoms. The second-order valence-electron chi connectivity index (χ2n) is 10.5. The number of aliphatic hydroxyl groups excluding tert-OH is 1. The zero-order valence-electron chi connectivity index (χ0n) is 19.2. The van der Waals surface area contributed by atoms with Gasteiger partial charge < -0.3 is 15.3 Å². The third-order valence-electron chi connectivity index (χ3n) is 8.69. The number of fused-ring (bicyclic) bond motifs is 1. The normalized spacial score (nSPS) is 36.5. The molecule has 2 aliphatic carbocycles. The topological polar surface area (TPSA) is 69.6 Å². The summed E-state index contributed by atoms with van der Waals surface area (Å²) in [5, 5.41) is 14.8. The minimum Gasteiger partial charge on any atom is -0.392 e. The van der Waals surface area contributed by atoms with E-state index in [-0.39, 0.29) is 46.9 Å². The summed E-state index contributed by atoms with van der Waals surface area (Å²) >= 11 is 0. The first kappa shape index (κ1) is 22.3. The third kappa shape index (κ3) is 4.26. The van der Waals surface area contributed by atoms with Gasteiger partial charge in [0.05, 0.1) is 6.10 Å². The maximum absolute atomic E-state index is 13.0. The van der Waals surface area contributed by atoms with Gasteiger partial charge >= 0.3 is 0 Å². The number of hydrogen-bond acceptors (Lipinski definition) is 3. The lowest BCUT2D eigenvalue weighted by atomic mass is 9.51. The average Bonchev–Trinajstić information content (AvgIpc) is 3.30. The quantitative estimate of drug-likeness (QED) is 0.768. The van der Waals surface area contributed by atoms with E-state index in [4.69, 9.17) is 0 Å². The molecule has 3 aliphatic rings. The molecule has 1 aromatic carbocycles. The fraction of sp³-hybridized carbons (Fsp3) is 0.692. The molecule has 2 amide bonds. The molecule has 3 fully saturated rings. The van der Waals surface area contributed by atoms with Gasteiger partial charge in [0.2, 0.25) is 5.91 Å². The van der Waals surface area contributed by atoms with E-state index in [1.54, 1.807) is 0 Å². The molecule has 170 valence electrons. The Morgan fingerprint density at radius 3 is 2.45 bits per heavy atom. The highest BCUT2D eigenvalue weighted by molar-refractivity contribution is 5.94. The minimum atomic E-state index is -0.508. The van der Waals surface area contributed by atoms with Crippen LogP contribution < -0.4 is 5.32 Å². The molecule has 1 saturated heterocycles. The number of benzene rings is 1. The van der Waals surface area contributed by atoms with Gasteiger partial charge in [-0.25, -0.2) is 0 Å². The number of rotatable bonds is 4. The van der Waals surface area contributed by atoms with Crippen LogP contribution in [0.2, 0.25) is 0 Å². The summed E-state index contributed by atoms with van der Waals surface area (Å²) in [6, 6.07) is 9.39. The number of amides is 2. The van der Waals surface area contributed by atoms with E-state index in [1.165, 1.54) is 0 Å². The van der Waals surface area contributed by atoms with Crippen molar-refractivity contribution in [2.45, 2.75) is 71.4 Å². The van der Waals surface area contributed by atoms with E-state index in [0.29, 0.717) is 5.56 Å². The largest absolute Gasteiger partial charge is 0.392 e. The van der Waals surface area contributed by atoms with Crippen LogP contribution >= 0.6 is 0 Å². The standard InChI is InChI=1S/C26H38N2O3/c1-17(25(31)28-15-7-8-16-28)20-11-13-26(3)14-12-21(18(2)22(26)23(20)29)27-24(30)19-9-5-4-6-10-19/h4-6,9-10,17-18,20-23,29H,7-8,11-16H2,1-3H3,(H,27,30)/t17-,18+,20?,21-,22+,23-,26-/m0/s1. The van der Waals surface area contributed by atoms with E-state index in [9.17, 15) is 14.7 Å². The average molecular weight is 427 g/mol. The van der Waals surface area contributed by atoms with Crippen molar-refractivity contribution < 1.29 is 14.7 Å². The summed E-state index contributed by atoms with van der Waals surface area (Å²) in [6.07, 6.45) is 5.56. The summed E-state index contributed by atoms with van der Waals surface area (Å²) in [4.78, 5) is 27.8. The van der Waals surface area contributed by atoms with Gasteiger partial charge in [0, 0.05) is 30.6 Å². The van der Waals surface area contributed by atoms with Crippen LogP contribution in [0.4, 0.5) is 0 Å². The number of carbonyl (C=O) groups is 2. The first-order valence-corrected chi connectivity index (χ1v) is 12.1. The Bertz CT molecular complexity index is 791. The van der Waals surface area contributed by atoms with E-state index in [2.05, 4.69) is 19.2 Å². The molecule has 1 unspecified atom stereocenters. The minimum absolute atomic E-state index is 0.00259. The first-order valence-electron chi connectivity index (χ1n) is 12.1. The van der Waals surface area contributed by atoms with Gasteiger partial charge in [-0.3, -0.25) is 9.59 Å². The SMILES string of the molecule is C[C@H]1[C@@H]2[C@@H](O)C([C@H](C)C(=O)N3CCCC3)CC[C@@]2(C)CC[C@@H]1NC(=O)c1ccccc1. The number of nitrogens with one attached hydrogen (secondary N) is 1. The molecular weight excluding hydrogens is 388 g/mol. The molecule has 2 saturated carbocycles. The van der Waals surface area contributed by atoms with Crippen molar-refractivity contribution in [1.82, 2.24) is 10.2 Å². The predicted molar refractivity (Wildman–Crippen MR) is 121 cm³/mol. The van der Waals surface area contributed by atoms with Crippen LogP contribution in [0.1, 0.15) is 69.7 Å². The van der Waals surface area contributed by atoms with Gasteiger partial charge in [-0.15, -0.1) is 0 Å². The second-order valence-corrected chi connectivity index (χ2v) is 10.5. The molecule has 0 aromatic heterocycles. The lowest BCUT2D eigenvalue weighted by Gasteiger charge is -2.56. The van der Waals surface area contributed by atoms with Crippen molar-refractivity contribution in [2.75, 3.05) is 13.1 Å². The fourth-order valence-corrected chi connectivity index (χ4v) is 6.75. The molecule has 2 N–H and O–H groups in total. The van der Waals surface area contributed by atoms with Crippen LogP contribution in [-0.2, 0) is 4.79 Å². The van der Waals surface area contributed by atoms with Gasteiger partial charge in [0.25, 0.3) is 5.91 Å². The van der Waals surface area contributed by atoms with Crippen LogP contribution in [0, 0.1) is 29.1 Å². The Balaban J connectivity index is 1.48. The summed E-state index contributed by atoms with van der Waals surface area (Å²) in [5.41, 5.74) is 0.745. The first-order chi connectivity index (χ1) is 14.8. The number of likely N-dealkylation sites (tertiary alicyclic amines) is 1. The Morgan fingerprint density at radius 2 is 1.77 bits per heavy atom. The third-order valence-corrected chi connectivity index (χ3v) is 8.69. The number of hydrogen-bond donors (Lipinski definition) is 2. The van der Waals surface area contributed by atoms with Gasteiger partial charge in [-0.05, 0) is 73.8 Å². The van der Waals surface area contributed by atoms with E-state index in [0.717, 1.165) is 51.6 Å². The molecule has 1 aromatic rings. The Morgan fingerprint density at radius 1 is 1.13 bits per heavy atom. The van der Waals surface area contributed by atoms with E-state index >= 15 is 0 Å².